The Hall–Kier alpha value is -2.31. The van der Waals surface area contributed by atoms with Gasteiger partial charge in [0, 0.05) is 12.5 Å². The molecule has 0 N–H and O–H groups in total. The summed E-state index contributed by atoms with van der Waals surface area (Å²) in [7, 11) is 0. The summed E-state index contributed by atoms with van der Waals surface area (Å²) in [6.45, 7) is -0.402. The lowest BCUT2D eigenvalue weighted by atomic mass is 9.97. The molecule has 1 atom stereocenters. The molecule has 0 aliphatic carbocycles. The van der Waals surface area contributed by atoms with Crippen molar-refractivity contribution in [1.29, 1.82) is 0 Å². The average Bonchev–Trinajstić information content (AvgIpc) is 3.04. The van der Waals surface area contributed by atoms with Gasteiger partial charge in [-0.3, -0.25) is 4.79 Å². The van der Waals surface area contributed by atoms with Crippen LogP contribution in [0.2, 0.25) is 0 Å². The van der Waals surface area contributed by atoms with Gasteiger partial charge in [-0.1, -0.05) is 30.3 Å². The van der Waals surface area contributed by atoms with Crippen LogP contribution in [0.4, 0.5) is 8.78 Å². The summed E-state index contributed by atoms with van der Waals surface area (Å²) in [6, 6.07) is 9.91. The van der Waals surface area contributed by atoms with Crippen molar-refractivity contribution < 1.29 is 13.6 Å². The zero-order chi connectivity index (χ0) is 15.3. The number of benzene rings is 1. The fraction of sp³-hybridized carbons (Fsp3) is 0.400. The topological polar surface area (TPSA) is 51.0 Å². The maximum Gasteiger partial charge on any atom is 0.293 e. The first kappa shape index (κ1) is 13.4. The highest BCUT2D eigenvalue weighted by molar-refractivity contribution is 5.91. The van der Waals surface area contributed by atoms with E-state index in [4.69, 9.17) is 0 Å². The third-order valence-corrected chi connectivity index (χ3v) is 4.17. The first-order valence-electron chi connectivity index (χ1n) is 7.20. The Morgan fingerprint density at radius 3 is 2.64 bits per heavy atom. The monoisotopic (exact) mass is 304 g/mol. The minimum atomic E-state index is -2.77. The van der Waals surface area contributed by atoms with Crippen LogP contribution in [0.15, 0.2) is 30.3 Å². The molecule has 2 aliphatic rings. The van der Waals surface area contributed by atoms with Gasteiger partial charge < -0.3 is 4.90 Å². The molecule has 0 bridgehead atoms. The van der Waals surface area contributed by atoms with Crippen LogP contribution in [0, 0.1) is 0 Å². The molecule has 1 saturated heterocycles. The van der Waals surface area contributed by atoms with Crippen LogP contribution in [0.25, 0.3) is 0 Å². The second kappa shape index (κ2) is 4.59. The summed E-state index contributed by atoms with van der Waals surface area (Å²) < 4.78 is 27.5. The number of aryl methyl sites for hydroxylation is 1. The van der Waals surface area contributed by atoms with Crippen molar-refractivity contribution in [3.05, 3.63) is 47.5 Å². The Labute approximate surface area is 125 Å². The first-order valence-corrected chi connectivity index (χ1v) is 7.20. The van der Waals surface area contributed by atoms with E-state index < -0.39 is 24.9 Å². The van der Waals surface area contributed by atoms with Crippen molar-refractivity contribution in [2.24, 2.45) is 0 Å². The quantitative estimate of drug-likeness (QED) is 0.851. The van der Waals surface area contributed by atoms with Gasteiger partial charge in [0.15, 0.2) is 0 Å². The molecular formula is C15H14F2N4O. The lowest BCUT2D eigenvalue weighted by Crippen LogP contribution is -2.58. The van der Waals surface area contributed by atoms with Crippen molar-refractivity contribution in [3.8, 4) is 0 Å². The number of hydrogen-bond donors (Lipinski definition) is 0. The molecule has 1 aromatic carbocycles. The summed E-state index contributed by atoms with van der Waals surface area (Å²) in [5.74, 6) is -2.43. The number of aromatic nitrogens is 3. The van der Waals surface area contributed by atoms with Gasteiger partial charge in [-0.05, 0) is 12.0 Å². The highest BCUT2D eigenvalue weighted by Gasteiger charge is 2.47. The van der Waals surface area contributed by atoms with Crippen LogP contribution in [-0.4, -0.2) is 44.6 Å². The predicted molar refractivity (Wildman–Crippen MR) is 73.8 cm³/mol. The number of amides is 1. The molecule has 5 nitrogen and oxygen atoms in total. The zero-order valence-corrected chi connectivity index (χ0v) is 11.7. The normalized spacial score (nSPS) is 22.3. The van der Waals surface area contributed by atoms with Crippen LogP contribution >= 0.6 is 0 Å². The number of nitrogens with zero attached hydrogens (tertiary/aromatic N) is 4. The third-order valence-electron chi connectivity index (χ3n) is 4.17. The van der Waals surface area contributed by atoms with E-state index in [0.717, 1.165) is 22.7 Å². The van der Waals surface area contributed by atoms with E-state index >= 15 is 0 Å². The van der Waals surface area contributed by atoms with E-state index in [2.05, 4.69) is 10.1 Å². The van der Waals surface area contributed by atoms with Crippen LogP contribution < -0.4 is 0 Å². The van der Waals surface area contributed by atoms with Gasteiger partial charge in [-0.25, -0.2) is 18.4 Å². The second-order valence-corrected chi connectivity index (χ2v) is 5.79. The first-order chi connectivity index (χ1) is 10.5. The van der Waals surface area contributed by atoms with E-state index in [1.165, 1.54) is 0 Å². The maximum absolute atomic E-state index is 12.9. The highest BCUT2D eigenvalue weighted by Crippen LogP contribution is 2.33. The van der Waals surface area contributed by atoms with Gasteiger partial charge in [0.05, 0.1) is 13.1 Å². The molecule has 22 heavy (non-hydrogen) atoms. The molecule has 2 aliphatic heterocycles. The van der Waals surface area contributed by atoms with Crippen LogP contribution in [-0.2, 0) is 6.54 Å². The standard InChI is InChI=1S/C15H14F2N4O/c16-15(17)8-20(9-15)14(22)12-18-13-11(6-7-21(13)19-12)10-4-2-1-3-5-10/h1-5,11H,6-9H2/t11-/m0/s1. The fourth-order valence-corrected chi connectivity index (χ4v) is 3.05. The maximum atomic E-state index is 12.9. The van der Waals surface area contributed by atoms with E-state index in [1.54, 1.807) is 4.68 Å². The van der Waals surface area contributed by atoms with Crippen LogP contribution in [0.5, 0.6) is 0 Å². The molecule has 1 amide bonds. The molecule has 4 rings (SSSR count). The van der Waals surface area contributed by atoms with E-state index in [0.29, 0.717) is 6.54 Å². The van der Waals surface area contributed by atoms with Gasteiger partial charge in [0.1, 0.15) is 5.82 Å². The van der Waals surface area contributed by atoms with Crippen molar-refractivity contribution in [2.75, 3.05) is 13.1 Å². The highest BCUT2D eigenvalue weighted by atomic mass is 19.3. The van der Waals surface area contributed by atoms with Crippen LogP contribution in [0.1, 0.15) is 34.3 Å². The predicted octanol–water partition coefficient (Wildman–Crippen LogP) is 1.90. The molecule has 0 unspecified atom stereocenters. The average molecular weight is 304 g/mol. The van der Waals surface area contributed by atoms with Crippen molar-refractivity contribution in [1.82, 2.24) is 19.7 Å². The van der Waals surface area contributed by atoms with Crippen LogP contribution in [0.3, 0.4) is 0 Å². The number of rotatable bonds is 2. The summed E-state index contributed by atoms with van der Waals surface area (Å²) in [6.07, 6.45) is 0.885. The zero-order valence-electron chi connectivity index (χ0n) is 11.7. The molecule has 1 fully saturated rings. The largest absolute Gasteiger partial charge is 0.324 e. The molecule has 0 spiro atoms. The number of halogens is 2. The summed E-state index contributed by atoms with van der Waals surface area (Å²) >= 11 is 0. The number of carbonyl (C=O) groups excluding carboxylic acids is 1. The number of hydrogen-bond acceptors (Lipinski definition) is 3. The molecule has 114 valence electrons. The van der Waals surface area contributed by atoms with Crippen molar-refractivity contribution in [3.63, 3.8) is 0 Å². The van der Waals surface area contributed by atoms with E-state index in [-0.39, 0.29) is 11.7 Å². The lowest BCUT2D eigenvalue weighted by Gasteiger charge is -2.37. The second-order valence-electron chi connectivity index (χ2n) is 5.79. The van der Waals surface area contributed by atoms with Crippen molar-refractivity contribution in [2.45, 2.75) is 24.8 Å². The fourth-order valence-electron chi connectivity index (χ4n) is 3.05. The summed E-state index contributed by atoms with van der Waals surface area (Å²) in [5.41, 5.74) is 1.13. The minimum absolute atomic E-state index is 0.0196. The Morgan fingerprint density at radius 1 is 1.23 bits per heavy atom. The van der Waals surface area contributed by atoms with Gasteiger partial charge in [-0.15, -0.1) is 5.10 Å². The molecule has 7 heteroatoms. The SMILES string of the molecule is O=C(c1nc2n(n1)CC[C@H]2c1ccccc1)N1CC(F)(F)C1. The lowest BCUT2D eigenvalue weighted by molar-refractivity contribution is -0.113. The summed E-state index contributed by atoms with van der Waals surface area (Å²) in [5, 5.41) is 4.19. The molecule has 0 saturated carbocycles. The third kappa shape index (κ3) is 2.08. The number of likely N-dealkylation sites (tertiary alicyclic amines) is 1. The van der Waals surface area contributed by atoms with E-state index in [9.17, 15) is 13.6 Å². The Balaban J connectivity index is 1.58. The van der Waals surface area contributed by atoms with E-state index in [1.807, 2.05) is 30.3 Å². The minimum Gasteiger partial charge on any atom is -0.324 e. The summed E-state index contributed by atoms with van der Waals surface area (Å²) in [4.78, 5) is 17.5. The van der Waals surface area contributed by atoms with Gasteiger partial charge in [0.2, 0.25) is 5.82 Å². The van der Waals surface area contributed by atoms with Gasteiger partial charge >= 0.3 is 0 Å². The molecule has 3 heterocycles. The van der Waals surface area contributed by atoms with Gasteiger partial charge in [0.25, 0.3) is 11.8 Å². The molecular weight excluding hydrogens is 290 g/mol. The number of carbonyl (C=O) groups is 1. The smallest absolute Gasteiger partial charge is 0.293 e. The van der Waals surface area contributed by atoms with Crippen molar-refractivity contribution >= 4 is 5.91 Å². The number of fused-ring (bicyclic) bond motifs is 1. The molecule has 0 radical (unpaired) electrons. The molecule has 2 aromatic rings. The number of alkyl halides is 2. The Bertz CT molecular complexity index is 720. The Kier molecular flexibility index (Phi) is 2.79. The molecule has 1 aromatic heterocycles. The Morgan fingerprint density at radius 2 is 1.95 bits per heavy atom. The van der Waals surface area contributed by atoms with Gasteiger partial charge in [-0.2, -0.15) is 0 Å².